The van der Waals surface area contributed by atoms with Crippen LogP contribution >= 0.6 is 0 Å². The van der Waals surface area contributed by atoms with Crippen LogP contribution in [0.2, 0.25) is 0 Å². The lowest BCUT2D eigenvalue weighted by Crippen LogP contribution is -2.49. The SMILES string of the molecule is CCN(CC)CC[C@@]1(c2ccccc2)C(=O)N(N(C)Cc2ccc(OC)cc2)c2ccccc21. The fourth-order valence-corrected chi connectivity index (χ4v) is 5.08. The molecule has 0 spiro atoms. The lowest BCUT2D eigenvalue weighted by molar-refractivity contribution is -0.125. The first-order chi connectivity index (χ1) is 16.5. The number of ether oxygens (including phenoxy) is 1. The minimum absolute atomic E-state index is 0.114. The fraction of sp³-hybridized carbons (Fsp3) is 0.345. The van der Waals surface area contributed by atoms with Crippen molar-refractivity contribution >= 4 is 11.6 Å². The Balaban J connectivity index is 1.74. The maximum atomic E-state index is 14.5. The molecule has 4 rings (SSSR count). The Bertz CT molecular complexity index is 1100. The number of nitrogens with zero attached hydrogens (tertiary/aromatic N) is 3. The Kier molecular flexibility index (Phi) is 7.35. The highest BCUT2D eigenvalue weighted by Crippen LogP contribution is 2.49. The number of carbonyl (C=O) groups excluding carboxylic acids is 1. The summed E-state index contributed by atoms with van der Waals surface area (Å²) in [5, 5.41) is 3.92. The summed E-state index contributed by atoms with van der Waals surface area (Å²) < 4.78 is 5.30. The molecular weight excluding hydrogens is 422 g/mol. The van der Waals surface area contributed by atoms with Crippen LogP contribution in [0.25, 0.3) is 0 Å². The van der Waals surface area contributed by atoms with E-state index in [0.717, 1.165) is 54.2 Å². The van der Waals surface area contributed by atoms with Gasteiger partial charge < -0.3 is 9.64 Å². The number of amides is 1. The van der Waals surface area contributed by atoms with Gasteiger partial charge in [0.2, 0.25) is 0 Å². The second kappa shape index (κ2) is 10.4. The summed E-state index contributed by atoms with van der Waals surface area (Å²) in [6.07, 6.45) is 0.738. The van der Waals surface area contributed by atoms with Gasteiger partial charge in [-0.1, -0.05) is 74.5 Å². The number of fused-ring (bicyclic) bond motifs is 1. The summed E-state index contributed by atoms with van der Waals surface area (Å²) in [7, 11) is 3.66. The van der Waals surface area contributed by atoms with E-state index in [4.69, 9.17) is 4.74 Å². The summed E-state index contributed by atoms with van der Waals surface area (Å²) in [5.74, 6) is 0.941. The van der Waals surface area contributed by atoms with Crippen molar-refractivity contribution in [3.05, 3.63) is 95.6 Å². The zero-order valence-corrected chi connectivity index (χ0v) is 20.7. The first-order valence-electron chi connectivity index (χ1n) is 12.1. The highest BCUT2D eigenvalue weighted by atomic mass is 16.5. The molecule has 0 N–H and O–H groups in total. The lowest BCUT2D eigenvalue weighted by Gasteiger charge is -2.34. The van der Waals surface area contributed by atoms with E-state index >= 15 is 0 Å². The molecule has 1 aliphatic heterocycles. The largest absolute Gasteiger partial charge is 0.497 e. The van der Waals surface area contributed by atoms with Gasteiger partial charge in [0.25, 0.3) is 5.91 Å². The molecule has 34 heavy (non-hydrogen) atoms. The van der Waals surface area contributed by atoms with Gasteiger partial charge in [-0.25, -0.2) is 10.0 Å². The highest BCUT2D eigenvalue weighted by molar-refractivity contribution is 6.09. The summed E-state index contributed by atoms with van der Waals surface area (Å²) in [5.41, 5.74) is 3.51. The number of hydrogen-bond donors (Lipinski definition) is 0. The van der Waals surface area contributed by atoms with Crippen molar-refractivity contribution in [1.29, 1.82) is 0 Å². The van der Waals surface area contributed by atoms with Gasteiger partial charge in [0.05, 0.1) is 12.8 Å². The summed E-state index contributed by atoms with van der Waals surface area (Å²) in [6, 6.07) is 26.6. The molecule has 0 aliphatic carbocycles. The molecule has 5 nitrogen and oxygen atoms in total. The molecule has 0 aromatic heterocycles. The molecule has 178 valence electrons. The Labute approximate surface area is 203 Å². The van der Waals surface area contributed by atoms with Crippen molar-refractivity contribution in [3.8, 4) is 5.75 Å². The number of carbonyl (C=O) groups is 1. The van der Waals surface area contributed by atoms with Crippen LogP contribution in [-0.4, -0.2) is 49.6 Å². The zero-order chi connectivity index (χ0) is 24.1. The van der Waals surface area contributed by atoms with Gasteiger partial charge in [-0.2, -0.15) is 0 Å². The molecule has 5 heteroatoms. The Hall–Kier alpha value is -3.15. The van der Waals surface area contributed by atoms with E-state index in [2.05, 4.69) is 43.0 Å². The van der Waals surface area contributed by atoms with Gasteiger partial charge in [-0.05, 0) is 60.9 Å². The predicted molar refractivity (Wildman–Crippen MR) is 138 cm³/mol. The van der Waals surface area contributed by atoms with Crippen molar-refractivity contribution < 1.29 is 9.53 Å². The van der Waals surface area contributed by atoms with Crippen molar-refractivity contribution in [1.82, 2.24) is 9.91 Å². The second-order valence-corrected chi connectivity index (χ2v) is 8.85. The maximum absolute atomic E-state index is 14.5. The molecule has 0 unspecified atom stereocenters. The smallest absolute Gasteiger partial charge is 0.256 e. The molecule has 1 heterocycles. The average molecular weight is 458 g/mol. The van der Waals surface area contributed by atoms with E-state index in [1.807, 2.05) is 71.7 Å². The number of hydrogen-bond acceptors (Lipinski definition) is 4. The van der Waals surface area contributed by atoms with Crippen molar-refractivity contribution in [2.75, 3.05) is 38.8 Å². The Morgan fingerprint density at radius 3 is 2.18 bits per heavy atom. The fourth-order valence-electron chi connectivity index (χ4n) is 5.08. The molecule has 1 amide bonds. The lowest BCUT2D eigenvalue weighted by atomic mass is 9.72. The predicted octanol–water partition coefficient (Wildman–Crippen LogP) is 5.11. The van der Waals surface area contributed by atoms with Gasteiger partial charge in [-0.3, -0.25) is 4.79 Å². The van der Waals surface area contributed by atoms with Crippen LogP contribution in [0.3, 0.4) is 0 Å². The second-order valence-electron chi connectivity index (χ2n) is 8.85. The van der Waals surface area contributed by atoms with Crippen LogP contribution in [0.1, 0.15) is 37.0 Å². The van der Waals surface area contributed by atoms with Gasteiger partial charge in [0.1, 0.15) is 11.2 Å². The van der Waals surface area contributed by atoms with Crippen LogP contribution in [0.4, 0.5) is 5.69 Å². The van der Waals surface area contributed by atoms with Crippen LogP contribution in [-0.2, 0) is 16.8 Å². The van der Waals surface area contributed by atoms with Crippen LogP contribution in [0.15, 0.2) is 78.9 Å². The number of anilines is 1. The molecule has 1 atom stereocenters. The van der Waals surface area contributed by atoms with E-state index in [0.29, 0.717) is 6.54 Å². The van der Waals surface area contributed by atoms with Crippen LogP contribution in [0, 0.1) is 0 Å². The molecular formula is C29H35N3O2. The number of methoxy groups -OCH3 is 1. The van der Waals surface area contributed by atoms with Crippen molar-refractivity contribution in [2.24, 2.45) is 0 Å². The zero-order valence-electron chi connectivity index (χ0n) is 20.7. The van der Waals surface area contributed by atoms with Gasteiger partial charge >= 0.3 is 0 Å². The monoisotopic (exact) mass is 457 g/mol. The Morgan fingerprint density at radius 2 is 1.53 bits per heavy atom. The normalized spacial score (nSPS) is 17.5. The van der Waals surface area contributed by atoms with E-state index < -0.39 is 5.41 Å². The standard InChI is InChI=1S/C29H35N3O2/c1-5-31(6-2)21-20-29(24-12-8-7-9-13-24)26-14-10-11-15-27(26)32(28(29)33)30(3)22-23-16-18-25(34-4)19-17-23/h7-19H,5-6,20-22H2,1-4H3/t29-/m0/s1. The van der Waals surface area contributed by atoms with Gasteiger partial charge in [-0.15, -0.1) is 0 Å². The molecule has 0 saturated carbocycles. The minimum atomic E-state index is -0.714. The highest BCUT2D eigenvalue weighted by Gasteiger charge is 2.52. The average Bonchev–Trinajstić information content (AvgIpc) is 3.14. The van der Waals surface area contributed by atoms with E-state index in [1.165, 1.54) is 0 Å². The first kappa shape index (κ1) is 24.0. The maximum Gasteiger partial charge on any atom is 0.256 e. The topological polar surface area (TPSA) is 36.0 Å². The van der Waals surface area contributed by atoms with E-state index in [9.17, 15) is 4.79 Å². The third-order valence-corrected chi connectivity index (χ3v) is 7.03. The molecule has 3 aromatic carbocycles. The number of hydrazine groups is 1. The van der Waals surface area contributed by atoms with Crippen molar-refractivity contribution in [3.63, 3.8) is 0 Å². The van der Waals surface area contributed by atoms with Crippen LogP contribution < -0.4 is 9.75 Å². The van der Waals surface area contributed by atoms with Crippen molar-refractivity contribution in [2.45, 2.75) is 32.2 Å². The van der Waals surface area contributed by atoms with E-state index in [1.54, 1.807) is 7.11 Å². The van der Waals surface area contributed by atoms with Crippen LogP contribution in [0.5, 0.6) is 5.75 Å². The molecule has 1 aliphatic rings. The summed E-state index contributed by atoms with van der Waals surface area (Å²) in [4.78, 5) is 16.8. The Morgan fingerprint density at radius 1 is 0.882 bits per heavy atom. The van der Waals surface area contributed by atoms with Gasteiger partial charge in [0.15, 0.2) is 0 Å². The molecule has 0 bridgehead atoms. The number of benzene rings is 3. The number of rotatable bonds is 10. The van der Waals surface area contributed by atoms with E-state index in [-0.39, 0.29) is 5.91 Å². The molecule has 3 aromatic rings. The third-order valence-electron chi connectivity index (χ3n) is 7.03. The summed E-state index contributed by atoms with van der Waals surface area (Å²) in [6.45, 7) is 7.77. The molecule has 0 fully saturated rings. The first-order valence-corrected chi connectivity index (χ1v) is 12.1. The number of para-hydroxylation sites is 1. The molecule has 0 radical (unpaired) electrons. The minimum Gasteiger partial charge on any atom is -0.497 e. The third kappa shape index (κ3) is 4.33. The quantitative estimate of drug-likeness (QED) is 0.424. The molecule has 0 saturated heterocycles. The van der Waals surface area contributed by atoms with Gasteiger partial charge in [0, 0.05) is 13.6 Å². The summed E-state index contributed by atoms with van der Waals surface area (Å²) >= 11 is 0.